The molecule has 1 aliphatic heterocycles. The number of rotatable bonds is 2. The van der Waals surface area contributed by atoms with Gasteiger partial charge in [-0.2, -0.15) is 5.10 Å². The Kier molecular flexibility index (Phi) is 6.06. The zero-order valence-electron chi connectivity index (χ0n) is 14.0. The summed E-state index contributed by atoms with van der Waals surface area (Å²) in [7, 11) is 0. The van der Waals surface area contributed by atoms with E-state index in [0.29, 0.717) is 0 Å². The number of hydrogen-bond donors (Lipinski definition) is 1. The Labute approximate surface area is 140 Å². The molecule has 0 fully saturated rings. The number of aromatic nitrogens is 3. The minimum atomic E-state index is -0.833. The fourth-order valence-corrected chi connectivity index (χ4v) is 2.52. The van der Waals surface area contributed by atoms with Crippen molar-refractivity contribution in [1.29, 1.82) is 0 Å². The van der Waals surface area contributed by atoms with Crippen LogP contribution in [0.2, 0.25) is 0 Å². The smallest absolute Gasteiger partial charge is 0.300 e. The Bertz CT molecular complexity index is 668. The van der Waals surface area contributed by atoms with E-state index in [9.17, 15) is 4.79 Å². The number of nitrogens with zero attached hydrogens (tertiary/aromatic N) is 4. The highest BCUT2D eigenvalue weighted by Crippen LogP contribution is 2.10. The Morgan fingerprint density at radius 2 is 1.79 bits per heavy atom. The molecule has 2 heterocycles. The van der Waals surface area contributed by atoms with Gasteiger partial charge < -0.3 is 10.0 Å². The standard InChI is InChI=1S/C15H18N4O.C2H4O2/c1-12(20)18-8-7-15-16-14(17-19(15)10-9-18)11-13-5-3-2-4-6-13;1-2(3)4/h2-6H,7-11H2,1H3;1H3,(H,3,4). The van der Waals surface area contributed by atoms with E-state index in [2.05, 4.69) is 22.2 Å². The molecule has 1 aliphatic rings. The average Bonchev–Trinajstić information content (AvgIpc) is 2.78. The first-order chi connectivity index (χ1) is 11.5. The fourth-order valence-electron chi connectivity index (χ4n) is 2.52. The van der Waals surface area contributed by atoms with Gasteiger partial charge in [0.15, 0.2) is 5.82 Å². The van der Waals surface area contributed by atoms with Crippen LogP contribution < -0.4 is 0 Å². The Morgan fingerprint density at radius 1 is 1.12 bits per heavy atom. The number of carbonyl (C=O) groups is 2. The molecule has 0 spiro atoms. The van der Waals surface area contributed by atoms with E-state index in [4.69, 9.17) is 9.90 Å². The molecular weight excluding hydrogens is 308 g/mol. The van der Waals surface area contributed by atoms with Gasteiger partial charge in [0, 0.05) is 39.8 Å². The van der Waals surface area contributed by atoms with Crippen molar-refractivity contribution in [3.63, 3.8) is 0 Å². The van der Waals surface area contributed by atoms with Gasteiger partial charge >= 0.3 is 0 Å². The van der Waals surface area contributed by atoms with Crippen molar-refractivity contribution < 1.29 is 14.7 Å². The van der Waals surface area contributed by atoms with E-state index in [-0.39, 0.29) is 5.91 Å². The number of aliphatic carboxylic acids is 1. The minimum absolute atomic E-state index is 0.125. The lowest BCUT2D eigenvalue weighted by Gasteiger charge is -2.16. The van der Waals surface area contributed by atoms with E-state index in [1.54, 1.807) is 6.92 Å². The van der Waals surface area contributed by atoms with Crippen LogP contribution in [0.25, 0.3) is 0 Å². The summed E-state index contributed by atoms with van der Waals surface area (Å²) in [5.41, 5.74) is 1.22. The molecule has 3 rings (SSSR count). The zero-order valence-corrected chi connectivity index (χ0v) is 14.0. The number of fused-ring (bicyclic) bond motifs is 1. The third kappa shape index (κ3) is 5.19. The molecule has 24 heavy (non-hydrogen) atoms. The van der Waals surface area contributed by atoms with Crippen molar-refractivity contribution in [3.8, 4) is 0 Å². The summed E-state index contributed by atoms with van der Waals surface area (Å²) in [5, 5.41) is 12.0. The quantitative estimate of drug-likeness (QED) is 0.898. The molecule has 0 unspecified atom stereocenters. The van der Waals surface area contributed by atoms with Crippen LogP contribution in [0.5, 0.6) is 0 Å². The Balaban J connectivity index is 0.000000471. The number of carbonyl (C=O) groups excluding carboxylic acids is 1. The van der Waals surface area contributed by atoms with E-state index < -0.39 is 5.97 Å². The van der Waals surface area contributed by atoms with Crippen molar-refractivity contribution in [1.82, 2.24) is 19.7 Å². The molecule has 0 saturated heterocycles. The van der Waals surface area contributed by atoms with Crippen molar-refractivity contribution in [3.05, 3.63) is 47.5 Å². The largest absolute Gasteiger partial charge is 0.481 e. The molecule has 0 radical (unpaired) electrons. The molecule has 0 bridgehead atoms. The SMILES string of the molecule is CC(=O)N1CCc2nc(Cc3ccccc3)nn2CC1.CC(=O)O. The summed E-state index contributed by atoms with van der Waals surface area (Å²) in [5.74, 6) is 1.14. The molecule has 1 N–H and O–H groups in total. The molecule has 1 amide bonds. The Hall–Kier alpha value is -2.70. The van der Waals surface area contributed by atoms with Crippen LogP contribution in [0.15, 0.2) is 30.3 Å². The van der Waals surface area contributed by atoms with E-state index in [1.807, 2.05) is 27.8 Å². The van der Waals surface area contributed by atoms with Gasteiger partial charge in [-0.3, -0.25) is 9.59 Å². The second-order valence-corrected chi connectivity index (χ2v) is 5.60. The van der Waals surface area contributed by atoms with Crippen LogP contribution in [-0.2, 0) is 29.0 Å². The number of carboxylic acids is 1. The number of benzene rings is 1. The van der Waals surface area contributed by atoms with E-state index in [1.165, 1.54) is 5.56 Å². The second-order valence-electron chi connectivity index (χ2n) is 5.60. The summed E-state index contributed by atoms with van der Waals surface area (Å²) in [4.78, 5) is 26.9. The number of hydrogen-bond acceptors (Lipinski definition) is 4. The topological polar surface area (TPSA) is 88.3 Å². The van der Waals surface area contributed by atoms with Gasteiger partial charge in [-0.15, -0.1) is 0 Å². The van der Waals surface area contributed by atoms with Gasteiger partial charge in [-0.1, -0.05) is 30.3 Å². The molecule has 1 aromatic heterocycles. The van der Waals surface area contributed by atoms with Gasteiger partial charge in [-0.05, 0) is 5.56 Å². The summed E-state index contributed by atoms with van der Waals surface area (Å²) in [6, 6.07) is 10.2. The first kappa shape index (κ1) is 17.7. The fraction of sp³-hybridized carbons (Fsp3) is 0.412. The van der Waals surface area contributed by atoms with Crippen LogP contribution >= 0.6 is 0 Å². The lowest BCUT2D eigenvalue weighted by atomic mass is 10.1. The van der Waals surface area contributed by atoms with Crippen LogP contribution in [0.4, 0.5) is 0 Å². The molecular formula is C17H22N4O3. The van der Waals surface area contributed by atoms with Gasteiger partial charge in [0.25, 0.3) is 5.97 Å². The highest BCUT2D eigenvalue weighted by molar-refractivity contribution is 5.73. The predicted molar refractivity (Wildman–Crippen MR) is 88.5 cm³/mol. The first-order valence-electron chi connectivity index (χ1n) is 7.87. The summed E-state index contributed by atoms with van der Waals surface area (Å²) in [6.07, 6.45) is 1.54. The van der Waals surface area contributed by atoms with E-state index >= 15 is 0 Å². The molecule has 0 atom stereocenters. The van der Waals surface area contributed by atoms with Crippen molar-refractivity contribution in [2.45, 2.75) is 33.2 Å². The second kappa shape index (κ2) is 8.24. The maximum atomic E-state index is 11.4. The normalized spacial score (nSPS) is 13.3. The molecule has 0 saturated carbocycles. The summed E-state index contributed by atoms with van der Waals surface area (Å²) >= 11 is 0. The van der Waals surface area contributed by atoms with Gasteiger partial charge in [0.05, 0.1) is 6.54 Å². The van der Waals surface area contributed by atoms with Gasteiger partial charge in [0.1, 0.15) is 5.82 Å². The zero-order chi connectivity index (χ0) is 17.5. The highest BCUT2D eigenvalue weighted by atomic mass is 16.4. The summed E-state index contributed by atoms with van der Waals surface area (Å²) in [6.45, 7) is 4.88. The predicted octanol–water partition coefficient (Wildman–Crippen LogP) is 1.36. The Morgan fingerprint density at radius 3 is 2.42 bits per heavy atom. The molecule has 128 valence electrons. The summed E-state index contributed by atoms with van der Waals surface area (Å²) < 4.78 is 1.95. The highest BCUT2D eigenvalue weighted by Gasteiger charge is 2.18. The van der Waals surface area contributed by atoms with Crippen LogP contribution in [0.3, 0.4) is 0 Å². The lowest BCUT2D eigenvalue weighted by molar-refractivity contribution is -0.134. The van der Waals surface area contributed by atoms with Crippen molar-refractivity contribution >= 4 is 11.9 Å². The molecule has 7 heteroatoms. The average molecular weight is 330 g/mol. The van der Waals surface area contributed by atoms with Crippen LogP contribution in [-0.4, -0.2) is 49.7 Å². The van der Waals surface area contributed by atoms with Gasteiger partial charge in [-0.25, -0.2) is 9.67 Å². The third-order valence-electron chi connectivity index (χ3n) is 3.63. The van der Waals surface area contributed by atoms with Crippen LogP contribution in [0, 0.1) is 0 Å². The van der Waals surface area contributed by atoms with Crippen LogP contribution in [0.1, 0.15) is 31.1 Å². The maximum absolute atomic E-state index is 11.4. The molecule has 7 nitrogen and oxygen atoms in total. The van der Waals surface area contributed by atoms with E-state index in [0.717, 1.165) is 51.0 Å². The first-order valence-corrected chi connectivity index (χ1v) is 7.87. The monoisotopic (exact) mass is 330 g/mol. The minimum Gasteiger partial charge on any atom is -0.481 e. The number of carboxylic acid groups (broad SMARTS) is 1. The third-order valence-corrected chi connectivity index (χ3v) is 3.63. The maximum Gasteiger partial charge on any atom is 0.300 e. The van der Waals surface area contributed by atoms with Gasteiger partial charge in [0.2, 0.25) is 5.91 Å². The number of amides is 1. The van der Waals surface area contributed by atoms with Crippen molar-refractivity contribution in [2.24, 2.45) is 0 Å². The lowest BCUT2D eigenvalue weighted by Crippen LogP contribution is -2.31. The molecule has 2 aromatic rings. The molecule has 0 aliphatic carbocycles. The molecule has 1 aromatic carbocycles. The van der Waals surface area contributed by atoms with Crippen molar-refractivity contribution in [2.75, 3.05) is 13.1 Å².